The Hall–Kier alpha value is -0.950. The number of aliphatic hydroxyl groups excluding tert-OH is 2. The highest BCUT2D eigenvalue weighted by Crippen LogP contribution is 2.63. The van der Waals surface area contributed by atoms with E-state index in [1.54, 1.807) is 0 Å². The number of carboxylic acid groups (broad SMARTS) is 1. The molecule has 6 heteroatoms. The molecule has 6 nitrogen and oxygen atoms in total. The summed E-state index contributed by atoms with van der Waals surface area (Å²) in [6.45, 7) is 14.8. The molecule has 0 aromatic heterocycles. The molecule has 3 rings (SSSR count). The van der Waals surface area contributed by atoms with E-state index in [1.807, 2.05) is 0 Å². The first-order valence-corrected chi connectivity index (χ1v) is 11.5. The number of hydrogen-bond acceptors (Lipinski definition) is 5. The smallest absolute Gasteiger partial charge is 0.0544 e. The van der Waals surface area contributed by atoms with Crippen molar-refractivity contribution < 1.29 is 20.1 Å². The van der Waals surface area contributed by atoms with Crippen molar-refractivity contribution in [1.29, 1.82) is 0 Å². The number of hydrogen-bond donors (Lipinski definition) is 4. The van der Waals surface area contributed by atoms with E-state index in [4.69, 9.17) is 9.90 Å². The number of nitrogens with one attached hydrogen (secondary N) is 1. The number of rotatable bonds is 5. The standard InChI is InChI=1S/C22H39NO2.C2H4O2.H3N/c1-5-23-13-18-19-7-6-15(2)21(19,3)11-9-20(18)22(4)10-8-17(25)12-16(22)14-24;1-2(3)4;/h16-20,23-25H,2,5-14H2,1,3-4H3;1H3,(H,3,4);1H3/t16-,17+,18-,19?,20?,21+,22+;;/m1../s1. The van der Waals surface area contributed by atoms with Crippen molar-refractivity contribution in [2.24, 2.45) is 34.5 Å². The summed E-state index contributed by atoms with van der Waals surface area (Å²) in [4.78, 5) is 8.89. The van der Waals surface area contributed by atoms with Crippen LogP contribution in [0.4, 0.5) is 0 Å². The van der Waals surface area contributed by atoms with Gasteiger partial charge in [0.05, 0.1) is 6.10 Å². The van der Waals surface area contributed by atoms with Crippen LogP contribution < -0.4 is 16.6 Å². The van der Waals surface area contributed by atoms with Gasteiger partial charge in [0.2, 0.25) is 0 Å². The summed E-state index contributed by atoms with van der Waals surface area (Å²) in [5, 5.41) is 32.8. The Morgan fingerprint density at radius 2 is 1.87 bits per heavy atom. The maximum atomic E-state index is 10.1. The highest BCUT2D eigenvalue weighted by atomic mass is 16.4. The third-order valence-corrected chi connectivity index (χ3v) is 8.59. The van der Waals surface area contributed by atoms with E-state index in [9.17, 15) is 10.2 Å². The Labute approximate surface area is 183 Å². The van der Waals surface area contributed by atoms with Crippen LogP contribution in [-0.2, 0) is 4.79 Å². The average molecular weight is 427 g/mol. The molecule has 0 saturated heterocycles. The van der Waals surface area contributed by atoms with Crippen LogP contribution in [0.3, 0.4) is 0 Å². The van der Waals surface area contributed by atoms with Gasteiger partial charge in [0.1, 0.15) is 0 Å². The average Bonchev–Trinajstić information content (AvgIpc) is 2.96. The summed E-state index contributed by atoms with van der Waals surface area (Å²) in [5.74, 6) is 1.17. The zero-order valence-electron chi connectivity index (χ0n) is 19.9. The molecule has 0 heterocycles. The topological polar surface area (TPSA) is 129 Å². The van der Waals surface area contributed by atoms with Crippen LogP contribution in [0.25, 0.3) is 0 Å². The van der Waals surface area contributed by atoms with Gasteiger partial charge in [-0.3, -0.25) is 0 Å². The van der Waals surface area contributed by atoms with Crippen LogP contribution in [0.15, 0.2) is 12.2 Å². The number of allylic oxidation sites excluding steroid dienone is 1. The second-order valence-corrected chi connectivity index (χ2v) is 10.1. The SMILES string of the molecule is C=C1CCC2[C@@H](CNCC)C([C@@]3(C)CC[C@H](O)C[C@@H]3CO)CC[C@@]12C.CC(=O)[O-].[NH4+]. The fourth-order valence-electron chi connectivity index (χ4n) is 6.78. The predicted molar refractivity (Wildman–Crippen MR) is 120 cm³/mol. The monoisotopic (exact) mass is 426 g/mol. The number of aliphatic hydroxyl groups is 2. The molecule has 0 aromatic carbocycles. The van der Waals surface area contributed by atoms with E-state index in [1.165, 1.54) is 31.3 Å². The van der Waals surface area contributed by atoms with Gasteiger partial charge in [-0.15, -0.1) is 0 Å². The highest BCUT2D eigenvalue weighted by molar-refractivity contribution is 5.60. The minimum Gasteiger partial charge on any atom is -0.550 e. The van der Waals surface area contributed by atoms with Gasteiger partial charge in [-0.25, -0.2) is 0 Å². The number of aliphatic carboxylic acids is 1. The van der Waals surface area contributed by atoms with Gasteiger partial charge in [0.15, 0.2) is 0 Å². The maximum absolute atomic E-state index is 10.1. The molecule has 0 aliphatic heterocycles. The van der Waals surface area contributed by atoms with E-state index >= 15 is 0 Å². The number of quaternary nitrogens is 1. The van der Waals surface area contributed by atoms with Gasteiger partial charge < -0.3 is 31.6 Å². The molecule has 176 valence electrons. The first-order chi connectivity index (χ1) is 13.6. The number of carboxylic acids is 1. The van der Waals surface area contributed by atoms with E-state index in [0.717, 1.165) is 45.2 Å². The van der Waals surface area contributed by atoms with Crippen molar-refractivity contribution in [3.63, 3.8) is 0 Å². The van der Waals surface area contributed by atoms with Crippen LogP contribution in [0, 0.1) is 34.5 Å². The fraction of sp³-hybridized carbons (Fsp3) is 0.875. The molecule has 0 aromatic rings. The second-order valence-electron chi connectivity index (χ2n) is 10.1. The normalized spacial score (nSPS) is 40.6. The number of carbonyl (C=O) groups excluding carboxylic acids is 1. The zero-order valence-corrected chi connectivity index (χ0v) is 19.9. The maximum Gasteiger partial charge on any atom is 0.0544 e. The van der Waals surface area contributed by atoms with Crippen molar-refractivity contribution in [3.8, 4) is 0 Å². The van der Waals surface area contributed by atoms with Crippen LogP contribution in [0.2, 0.25) is 0 Å². The molecular weight excluding hydrogens is 380 g/mol. The fourth-order valence-corrected chi connectivity index (χ4v) is 6.78. The van der Waals surface area contributed by atoms with Crippen molar-refractivity contribution in [2.45, 2.75) is 78.7 Å². The number of carbonyl (C=O) groups is 1. The van der Waals surface area contributed by atoms with Crippen LogP contribution in [0.5, 0.6) is 0 Å². The van der Waals surface area contributed by atoms with Gasteiger partial charge in [0, 0.05) is 12.6 Å². The summed E-state index contributed by atoms with van der Waals surface area (Å²) >= 11 is 0. The van der Waals surface area contributed by atoms with Gasteiger partial charge in [-0.1, -0.05) is 32.9 Å². The molecule has 3 aliphatic carbocycles. The highest BCUT2D eigenvalue weighted by Gasteiger charge is 2.56. The Morgan fingerprint density at radius 1 is 1.23 bits per heavy atom. The van der Waals surface area contributed by atoms with Crippen LogP contribution in [-0.4, -0.2) is 42.0 Å². The molecule has 3 saturated carbocycles. The first-order valence-electron chi connectivity index (χ1n) is 11.5. The first kappa shape index (κ1) is 27.1. The third kappa shape index (κ3) is 5.45. The summed E-state index contributed by atoms with van der Waals surface area (Å²) in [6, 6.07) is 0. The van der Waals surface area contributed by atoms with Gasteiger partial charge >= 0.3 is 0 Å². The molecule has 3 fully saturated rings. The number of fused-ring (bicyclic) bond motifs is 1. The van der Waals surface area contributed by atoms with Crippen molar-refractivity contribution >= 4 is 5.97 Å². The predicted octanol–water partition coefficient (Wildman–Crippen LogP) is 2.89. The summed E-state index contributed by atoms with van der Waals surface area (Å²) < 4.78 is 0. The molecule has 0 radical (unpaired) electrons. The molecule has 0 spiro atoms. The Kier molecular flexibility index (Phi) is 10.00. The molecule has 3 aliphatic rings. The van der Waals surface area contributed by atoms with Crippen molar-refractivity contribution in [2.75, 3.05) is 19.7 Å². The quantitative estimate of drug-likeness (QED) is 0.502. The lowest BCUT2D eigenvalue weighted by Gasteiger charge is -2.56. The second kappa shape index (κ2) is 11.1. The van der Waals surface area contributed by atoms with Crippen molar-refractivity contribution in [1.82, 2.24) is 11.5 Å². The lowest BCUT2D eigenvalue weighted by Crippen LogP contribution is -2.53. The van der Waals surface area contributed by atoms with Gasteiger partial charge in [0.25, 0.3) is 0 Å². The molecule has 30 heavy (non-hydrogen) atoms. The largest absolute Gasteiger partial charge is 0.550 e. The van der Waals surface area contributed by atoms with E-state index < -0.39 is 5.97 Å². The molecule has 0 amide bonds. The Bertz CT molecular complexity index is 580. The van der Waals surface area contributed by atoms with Gasteiger partial charge in [-0.05, 0) is 99.5 Å². The third-order valence-electron chi connectivity index (χ3n) is 8.59. The Morgan fingerprint density at radius 3 is 2.43 bits per heavy atom. The molecule has 7 atom stereocenters. The van der Waals surface area contributed by atoms with E-state index in [2.05, 4.69) is 32.7 Å². The van der Waals surface area contributed by atoms with E-state index in [-0.39, 0.29) is 30.2 Å². The summed E-state index contributed by atoms with van der Waals surface area (Å²) in [7, 11) is 0. The Balaban J connectivity index is 0.000000827. The minimum absolute atomic E-state index is 0. The minimum atomic E-state index is -1.08. The van der Waals surface area contributed by atoms with Gasteiger partial charge in [-0.2, -0.15) is 0 Å². The van der Waals surface area contributed by atoms with Crippen LogP contribution in [0.1, 0.15) is 72.6 Å². The lowest BCUT2D eigenvalue weighted by molar-refractivity contribution is -0.302. The van der Waals surface area contributed by atoms with E-state index in [0.29, 0.717) is 17.3 Å². The summed E-state index contributed by atoms with van der Waals surface area (Å²) in [6.07, 6.45) is 7.46. The zero-order chi connectivity index (χ0) is 21.8. The summed E-state index contributed by atoms with van der Waals surface area (Å²) in [5.41, 5.74) is 1.94. The molecule has 7 N–H and O–H groups in total. The molecule has 2 unspecified atom stereocenters. The van der Waals surface area contributed by atoms with Crippen molar-refractivity contribution in [3.05, 3.63) is 12.2 Å². The lowest BCUT2D eigenvalue weighted by atomic mass is 9.49. The molecule has 0 bridgehead atoms. The van der Waals surface area contributed by atoms with Crippen LogP contribution >= 0.6 is 0 Å². The molecular formula is C24H46N2O4.